The van der Waals surface area contributed by atoms with Gasteiger partial charge in [0.1, 0.15) is 5.75 Å². The van der Waals surface area contributed by atoms with Crippen LogP contribution >= 0.6 is 0 Å². The minimum atomic E-state index is -0.164. The maximum atomic E-state index is 12.6. The molecule has 138 valence electrons. The number of carbonyl (C=O) groups is 1. The van der Waals surface area contributed by atoms with Crippen LogP contribution in [0.5, 0.6) is 5.75 Å². The number of rotatable bonds is 5. The highest BCUT2D eigenvalue weighted by Gasteiger charge is 2.19. The fourth-order valence-corrected chi connectivity index (χ4v) is 3.17. The molecule has 1 unspecified atom stereocenters. The molecule has 3 rings (SSSR count). The van der Waals surface area contributed by atoms with Crippen LogP contribution in [0.1, 0.15) is 19.3 Å². The van der Waals surface area contributed by atoms with Gasteiger partial charge in [-0.15, -0.1) is 0 Å². The first-order chi connectivity index (χ1) is 12.7. The summed E-state index contributed by atoms with van der Waals surface area (Å²) < 4.78 is 11.1. The first kappa shape index (κ1) is 18.3. The molecule has 0 aliphatic carbocycles. The Hall–Kier alpha value is -2.53. The van der Waals surface area contributed by atoms with Crippen molar-refractivity contribution in [2.24, 2.45) is 0 Å². The number of ether oxygens (including phenoxy) is 2. The normalized spacial score (nSPS) is 16.8. The van der Waals surface area contributed by atoms with Gasteiger partial charge in [-0.1, -0.05) is 36.4 Å². The van der Waals surface area contributed by atoms with Crippen LogP contribution in [-0.4, -0.2) is 44.3 Å². The summed E-state index contributed by atoms with van der Waals surface area (Å²) in [7, 11) is 3.40. The van der Waals surface area contributed by atoms with Gasteiger partial charge < -0.3 is 19.7 Å². The molecular formula is C21H26N2O3. The lowest BCUT2D eigenvalue weighted by atomic mass is 10.0. The van der Waals surface area contributed by atoms with Crippen LogP contribution in [0.3, 0.4) is 0 Å². The smallest absolute Gasteiger partial charge is 0.321 e. The fraction of sp³-hybridized carbons (Fsp3) is 0.381. The van der Waals surface area contributed by atoms with Crippen molar-refractivity contribution >= 4 is 11.7 Å². The largest absolute Gasteiger partial charge is 0.495 e. The van der Waals surface area contributed by atoms with E-state index >= 15 is 0 Å². The maximum Gasteiger partial charge on any atom is 0.321 e. The van der Waals surface area contributed by atoms with Crippen molar-refractivity contribution in [1.29, 1.82) is 0 Å². The van der Waals surface area contributed by atoms with Crippen molar-refractivity contribution in [1.82, 2.24) is 4.90 Å². The van der Waals surface area contributed by atoms with Gasteiger partial charge in [0.05, 0.1) is 18.9 Å². The number of hydrogen-bond acceptors (Lipinski definition) is 3. The number of carbonyl (C=O) groups excluding carboxylic acids is 1. The second-order valence-corrected chi connectivity index (χ2v) is 6.58. The summed E-state index contributed by atoms with van der Waals surface area (Å²) in [5.74, 6) is 0.639. The summed E-state index contributed by atoms with van der Waals surface area (Å²) >= 11 is 0. The van der Waals surface area contributed by atoms with Crippen LogP contribution in [0.4, 0.5) is 10.5 Å². The molecule has 0 radical (unpaired) electrons. The van der Waals surface area contributed by atoms with Crippen molar-refractivity contribution in [2.45, 2.75) is 25.4 Å². The monoisotopic (exact) mass is 354 g/mol. The molecule has 0 aromatic heterocycles. The van der Waals surface area contributed by atoms with E-state index < -0.39 is 0 Å². The first-order valence-corrected chi connectivity index (χ1v) is 9.04. The third-order valence-electron chi connectivity index (χ3n) is 4.65. The van der Waals surface area contributed by atoms with Crippen LogP contribution < -0.4 is 10.1 Å². The Morgan fingerprint density at radius 1 is 1.19 bits per heavy atom. The molecule has 1 N–H and O–H groups in total. The maximum absolute atomic E-state index is 12.6. The zero-order valence-electron chi connectivity index (χ0n) is 15.4. The van der Waals surface area contributed by atoms with Gasteiger partial charge >= 0.3 is 6.03 Å². The Labute approximate surface area is 154 Å². The highest BCUT2D eigenvalue weighted by atomic mass is 16.5. The van der Waals surface area contributed by atoms with E-state index in [9.17, 15) is 4.79 Å². The Morgan fingerprint density at radius 3 is 2.69 bits per heavy atom. The van der Waals surface area contributed by atoms with E-state index in [1.54, 1.807) is 19.1 Å². The lowest BCUT2D eigenvalue weighted by Crippen LogP contribution is -2.39. The number of anilines is 1. The van der Waals surface area contributed by atoms with Crippen molar-refractivity contribution in [3.8, 4) is 16.9 Å². The van der Waals surface area contributed by atoms with Gasteiger partial charge in [-0.25, -0.2) is 4.79 Å². The summed E-state index contributed by atoms with van der Waals surface area (Å²) in [6.45, 7) is 1.37. The van der Waals surface area contributed by atoms with Gasteiger partial charge in [0.15, 0.2) is 0 Å². The number of amides is 2. The predicted octanol–water partition coefficient (Wildman–Crippen LogP) is 4.40. The summed E-state index contributed by atoms with van der Waals surface area (Å²) in [6, 6.07) is 15.7. The SMILES string of the molecule is COc1ccc(-c2ccccc2)cc1NC(=O)N(C)CC1CCCCO1. The third kappa shape index (κ3) is 4.55. The number of nitrogens with one attached hydrogen (secondary N) is 1. The number of methoxy groups -OCH3 is 1. The van der Waals surface area contributed by atoms with E-state index in [0.717, 1.165) is 37.0 Å². The predicted molar refractivity (Wildman–Crippen MR) is 104 cm³/mol. The lowest BCUT2D eigenvalue weighted by molar-refractivity contribution is 0.00463. The average molecular weight is 354 g/mol. The Bertz CT molecular complexity index is 727. The van der Waals surface area contributed by atoms with Crippen LogP contribution in [0.25, 0.3) is 11.1 Å². The lowest BCUT2D eigenvalue weighted by Gasteiger charge is -2.27. The Balaban J connectivity index is 1.71. The average Bonchev–Trinajstić information content (AvgIpc) is 2.69. The molecule has 5 heteroatoms. The van der Waals surface area contributed by atoms with Gasteiger partial charge in [-0.3, -0.25) is 0 Å². The third-order valence-corrected chi connectivity index (χ3v) is 4.65. The molecule has 2 amide bonds. The molecule has 0 saturated carbocycles. The van der Waals surface area contributed by atoms with Crippen molar-refractivity contribution in [2.75, 3.05) is 32.6 Å². The molecule has 26 heavy (non-hydrogen) atoms. The van der Waals surface area contributed by atoms with Gasteiger partial charge in [0.2, 0.25) is 0 Å². The van der Waals surface area contributed by atoms with E-state index in [-0.39, 0.29) is 12.1 Å². The molecule has 1 saturated heterocycles. The topological polar surface area (TPSA) is 50.8 Å². The zero-order valence-corrected chi connectivity index (χ0v) is 15.4. The molecule has 1 atom stereocenters. The number of benzene rings is 2. The van der Waals surface area contributed by atoms with E-state index in [4.69, 9.17) is 9.47 Å². The van der Waals surface area contributed by atoms with E-state index in [1.807, 2.05) is 48.5 Å². The molecule has 1 fully saturated rings. The Morgan fingerprint density at radius 2 is 2.00 bits per heavy atom. The van der Waals surface area contributed by atoms with Crippen molar-refractivity contribution in [3.63, 3.8) is 0 Å². The molecular weight excluding hydrogens is 328 g/mol. The van der Waals surface area contributed by atoms with Gasteiger partial charge in [-0.05, 0) is 42.5 Å². The zero-order chi connectivity index (χ0) is 18.4. The fourth-order valence-electron chi connectivity index (χ4n) is 3.17. The van der Waals surface area contributed by atoms with Crippen LogP contribution in [-0.2, 0) is 4.74 Å². The molecule has 1 aliphatic rings. The summed E-state index contributed by atoms with van der Waals surface area (Å²) in [6.07, 6.45) is 3.39. The van der Waals surface area contributed by atoms with E-state index in [2.05, 4.69) is 5.32 Å². The molecule has 0 bridgehead atoms. The van der Waals surface area contributed by atoms with Crippen molar-refractivity contribution in [3.05, 3.63) is 48.5 Å². The minimum absolute atomic E-state index is 0.122. The van der Waals surface area contributed by atoms with Crippen molar-refractivity contribution < 1.29 is 14.3 Å². The molecule has 1 aliphatic heterocycles. The molecule has 1 heterocycles. The second kappa shape index (κ2) is 8.72. The van der Waals surface area contributed by atoms with E-state index in [0.29, 0.717) is 18.0 Å². The molecule has 5 nitrogen and oxygen atoms in total. The number of hydrogen-bond donors (Lipinski definition) is 1. The highest BCUT2D eigenvalue weighted by Crippen LogP contribution is 2.30. The van der Waals surface area contributed by atoms with Crippen LogP contribution in [0.15, 0.2) is 48.5 Å². The number of nitrogens with zero attached hydrogens (tertiary/aromatic N) is 1. The van der Waals surface area contributed by atoms with E-state index in [1.165, 1.54) is 0 Å². The molecule has 2 aromatic carbocycles. The summed E-state index contributed by atoms with van der Waals surface area (Å²) in [5.41, 5.74) is 2.78. The molecule has 2 aromatic rings. The van der Waals surface area contributed by atoms with Gasteiger partial charge in [0, 0.05) is 20.2 Å². The second-order valence-electron chi connectivity index (χ2n) is 6.58. The molecule has 0 spiro atoms. The minimum Gasteiger partial charge on any atom is -0.495 e. The highest BCUT2D eigenvalue weighted by molar-refractivity contribution is 5.92. The number of likely N-dealkylation sites (N-methyl/N-ethyl adjacent to an activating group) is 1. The summed E-state index contributed by atoms with van der Waals surface area (Å²) in [5, 5.41) is 2.97. The van der Waals surface area contributed by atoms with Gasteiger partial charge in [0.25, 0.3) is 0 Å². The summed E-state index contributed by atoms with van der Waals surface area (Å²) in [4.78, 5) is 14.3. The standard InChI is InChI=1S/C21H26N2O3/c1-23(15-18-10-6-7-13-26-18)21(24)22-19-14-17(11-12-20(19)25-2)16-8-4-3-5-9-16/h3-5,8-9,11-12,14,18H,6-7,10,13,15H2,1-2H3,(H,22,24). The van der Waals surface area contributed by atoms with Gasteiger partial charge in [-0.2, -0.15) is 0 Å². The first-order valence-electron chi connectivity index (χ1n) is 9.04. The Kier molecular flexibility index (Phi) is 6.12. The quantitative estimate of drug-likeness (QED) is 0.866. The van der Waals surface area contributed by atoms with Crippen LogP contribution in [0.2, 0.25) is 0 Å². The van der Waals surface area contributed by atoms with Crippen LogP contribution in [0, 0.1) is 0 Å². The number of urea groups is 1.